The summed E-state index contributed by atoms with van der Waals surface area (Å²) in [6.45, 7) is 8.40. The van der Waals surface area contributed by atoms with Gasteiger partial charge in [0.15, 0.2) is 0 Å². The number of nitrogens with one attached hydrogen (secondary N) is 1. The highest BCUT2D eigenvalue weighted by molar-refractivity contribution is 7.89. The van der Waals surface area contributed by atoms with Crippen LogP contribution in [-0.2, 0) is 10.0 Å². The van der Waals surface area contributed by atoms with Crippen LogP contribution >= 0.6 is 0 Å². The molecule has 1 N–H and O–H groups in total. The average molecular weight is 376 g/mol. The lowest BCUT2D eigenvalue weighted by Gasteiger charge is -2.28. The number of hydrogen-bond acceptors (Lipinski definition) is 2. The summed E-state index contributed by atoms with van der Waals surface area (Å²) in [7, 11) is 1.18. The van der Waals surface area contributed by atoms with Crippen molar-refractivity contribution in [2.75, 3.05) is 39.5 Å². The van der Waals surface area contributed by atoms with Crippen LogP contribution in [0.4, 0.5) is 0 Å². The van der Waals surface area contributed by atoms with Gasteiger partial charge in [0.05, 0.1) is 32.9 Å². The van der Waals surface area contributed by atoms with Crippen molar-refractivity contribution in [1.29, 1.82) is 0 Å². The van der Waals surface area contributed by atoms with Gasteiger partial charge in [-0.25, -0.2) is 13.1 Å². The van der Waals surface area contributed by atoms with Crippen LogP contribution in [0, 0.1) is 0 Å². The topological polar surface area (TPSA) is 46.2 Å². The smallest absolute Gasteiger partial charge is 0.211 e. The molecule has 0 saturated carbocycles. The maximum Gasteiger partial charge on any atom is 0.211 e. The molecule has 0 aromatic rings. The molecule has 0 aromatic carbocycles. The third-order valence-electron chi connectivity index (χ3n) is 4.65. The molecule has 0 aromatic heterocycles. The Kier molecular flexibility index (Phi) is 14.5. The molecule has 4 nitrogen and oxygen atoms in total. The van der Waals surface area contributed by atoms with Crippen LogP contribution in [0.1, 0.15) is 77.6 Å². The van der Waals surface area contributed by atoms with Crippen molar-refractivity contribution < 1.29 is 12.9 Å². The molecule has 25 heavy (non-hydrogen) atoms. The molecule has 0 heterocycles. The van der Waals surface area contributed by atoms with Crippen LogP contribution < -0.4 is 4.72 Å². The zero-order valence-electron chi connectivity index (χ0n) is 17.1. The third kappa shape index (κ3) is 16.8. The molecule has 0 atom stereocenters. The predicted octanol–water partition coefficient (Wildman–Crippen LogP) is 4.48. The van der Waals surface area contributed by atoms with E-state index in [0.717, 1.165) is 43.3 Å². The largest absolute Gasteiger partial charge is 0.325 e. The standard InChI is InChI=1S/C20H43N2O2S/c1-5-7-8-9-10-11-12-13-14-15-20-25(23,24)21-17-16-19-22(3,4)18-6-2/h6,21H,2,5,7-20H2,1,3-4H3/q+1. The SMILES string of the molecule is C=CC[N+](C)(C)CCCNS(=O)(=O)CCCCCCCCCCCC. The van der Waals surface area contributed by atoms with Gasteiger partial charge in [0, 0.05) is 13.0 Å². The summed E-state index contributed by atoms with van der Waals surface area (Å²) >= 11 is 0. The fourth-order valence-corrected chi connectivity index (χ4v) is 4.21. The van der Waals surface area contributed by atoms with Crippen molar-refractivity contribution in [3.05, 3.63) is 12.7 Å². The quantitative estimate of drug-likeness (QED) is 0.218. The first-order valence-electron chi connectivity index (χ1n) is 10.2. The van der Waals surface area contributed by atoms with E-state index in [1.54, 1.807) is 0 Å². The second kappa shape index (κ2) is 14.7. The van der Waals surface area contributed by atoms with Crippen molar-refractivity contribution in [3.8, 4) is 0 Å². The van der Waals surface area contributed by atoms with Gasteiger partial charge in [-0.3, -0.25) is 0 Å². The lowest BCUT2D eigenvalue weighted by molar-refractivity contribution is -0.884. The monoisotopic (exact) mass is 375 g/mol. The highest BCUT2D eigenvalue weighted by Crippen LogP contribution is 2.10. The van der Waals surface area contributed by atoms with Crippen LogP contribution in [0.2, 0.25) is 0 Å². The van der Waals surface area contributed by atoms with Crippen molar-refractivity contribution in [2.45, 2.75) is 77.6 Å². The minimum absolute atomic E-state index is 0.272. The molecule has 5 heteroatoms. The van der Waals surface area contributed by atoms with E-state index < -0.39 is 10.0 Å². The number of sulfonamides is 1. The van der Waals surface area contributed by atoms with E-state index in [2.05, 4.69) is 32.3 Å². The molecule has 0 saturated heterocycles. The van der Waals surface area contributed by atoms with E-state index in [1.807, 2.05) is 6.08 Å². The van der Waals surface area contributed by atoms with Crippen LogP contribution in [0.5, 0.6) is 0 Å². The Morgan fingerprint density at radius 3 is 1.92 bits per heavy atom. The van der Waals surface area contributed by atoms with Gasteiger partial charge in [0.2, 0.25) is 10.0 Å². The van der Waals surface area contributed by atoms with Gasteiger partial charge >= 0.3 is 0 Å². The van der Waals surface area contributed by atoms with E-state index >= 15 is 0 Å². The summed E-state index contributed by atoms with van der Waals surface area (Å²) in [6, 6.07) is 0. The van der Waals surface area contributed by atoms with E-state index in [0.29, 0.717) is 6.54 Å². The zero-order valence-corrected chi connectivity index (χ0v) is 17.9. The summed E-state index contributed by atoms with van der Waals surface area (Å²) in [4.78, 5) is 0. The van der Waals surface area contributed by atoms with Gasteiger partial charge in [-0.1, -0.05) is 71.3 Å². The molecule has 0 aliphatic carbocycles. The van der Waals surface area contributed by atoms with Crippen molar-refractivity contribution >= 4 is 10.0 Å². The van der Waals surface area contributed by atoms with Crippen molar-refractivity contribution in [3.63, 3.8) is 0 Å². The number of likely N-dealkylation sites (N-methyl/N-ethyl adjacent to an activating group) is 1. The third-order valence-corrected chi connectivity index (χ3v) is 6.12. The lowest BCUT2D eigenvalue weighted by atomic mass is 10.1. The highest BCUT2D eigenvalue weighted by Gasteiger charge is 2.13. The summed E-state index contributed by atoms with van der Waals surface area (Å²) in [5.74, 6) is 0.272. The molecule has 150 valence electrons. The first kappa shape index (κ1) is 24.6. The molecule has 0 aliphatic rings. The average Bonchev–Trinajstić information content (AvgIpc) is 2.53. The van der Waals surface area contributed by atoms with Crippen LogP contribution in [0.3, 0.4) is 0 Å². The second-order valence-electron chi connectivity index (χ2n) is 7.88. The van der Waals surface area contributed by atoms with E-state index in [9.17, 15) is 8.42 Å². The Morgan fingerprint density at radius 2 is 1.40 bits per heavy atom. The number of hydrogen-bond donors (Lipinski definition) is 1. The summed E-state index contributed by atoms with van der Waals surface area (Å²) in [5.41, 5.74) is 0. The Morgan fingerprint density at radius 1 is 0.880 bits per heavy atom. The van der Waals surface area contributed by atoms with Crippen LogP contribution in [0.15, 0.2) is 12.7 Å². The molecule has 0 spiro atoms. The van der Waals surface area contributed by atoms with Crippen molar-refractivity contribution in [2.24, 2.45) is 0 Å². The molecular weight excluding hydrogens is 332 g/mol. The van der Waals surface area contributed by atoms with E-state index in [1.165, 1.54) is 44.9 Å². The number of nitrogens with zero attached hydrogens (tertiary/aromatic N) is 1. The lowest BCUT2D eigenvalue weighted by Crippen LogP contribution is -2.41. The minimum Gasteiger partial charge on any atom is -0.325 e. The Bertz CT molecular complexity index is 419. The first-order chi connectivity index (χ1) is 11.8. The molecular formula is C20H43N2O2S+. The van der Waals surface area contributed by atoms with E-state index in [4.69, 9.17) is 0 Å². The minimum atomic E-state index is -3.10. The van der Waals surface area contributed by atoms with Gasteiger partial charge in [-0.2, -0.15) is 0 Å². The van der Waals surface area contributed by atoms with Gasteiger partial charge in [0.1, 0.15) is 0 Å². The van der Waals surface area contributed by atoms with Crippen molar-refractivity contribution in [1.82, 2.24) is 4.72 Å². The summed E-state index contributed by atoms with van der Waals surface area (Å²) in [5, 5.41) is 0. The molecule has 0 aliphatic heterocycles. The Hall–Kier alpha value is -0.390. The molecule has 0 radical (unpaired) electrons. The molecule has 0 rings (SSSR count). The number of rotatable bonds is 18. The molecule has 0 amide bonds. The Labute approximate surface area is 157 Å². The molecule has 0 fully saturated rings. The molecule has 0 unspecified atom stereocenters. The normalized spacial score (nSPS) is 12.4. The van der Waals surface area contributed by atoms with Crippen LogP contribution in [-0.4, -0.2) is 52.4 Å². The number of quaternary nitrogens is 1. The summed E-state index contributed by atoms with van der Waals surface area (Å²) < 4.78 is 27.6. The second-order valence-corrected chi connectivity index (χ2v) is 9.81. The fraction of sp³-hybridized carbons (Fsp3) is 0.900. The Balaban J connectivity index is 3.57. The number of unbranched alkanes of at least 4 members (excludes halogenated alkanes) is 9. The summed E-state index contributed by atoms with van der Waals surface area (Å²) in [6.07, 6.45) is 15.0. The van der Waals surface area contributed by atoms with E-state index in [-0.39, 0.29) is 5.75 Å². The maximum atomic E-state index is 12.0. The maximum absolute atomic E-state index is 12.0. The van der Waals surface area contributed by atoms with Gasteiger partial charge in [0.25, 0.3) is 0 Å². The molecule has 0 bridgehead atoms. The van der Waals surface area contributed by atoms with Crippen LogP contribution in [0.25, 0.3) is 0 Å². The van der Waals surface area contributed by atoms with Gasteiger partial charge < -0.3 is 4.48 Å². The van der Waals surface area contributed by atoms with Gasteiger partial charge in [-0.15, -0.1) is 0 Å². The highest BCUT2D eigenvalue weighted by atomic mass is 32.2. The predicted molar refractivity (Wildman–Crippen MR) is 110 cm³/mol. The first-order valence-corrected chi connectivity index (χ1v) is 11.9. The zero-order chi connectivity index (χ0) is 19.0. The fourth-order valence-electron chi connectivity index (χ4n) is 3.03. The van der Waals surface area contributed by atoms with Gasteiger partial charge in [-0.05, 0) is 12.5 Å².